The fourth-order valence-corrected chi connectivity index (χ4v) is 2.58. The minimum Gasteiger partial charge on any atom is -0.466 e. The van der Waals surface area contributed by atoms with Gasteiger partial charge in [0.25, 0.3) is 5.56 Å². The van der Waals surface area contributed by atoms with E-state index in [2.05, 4.69) is 5.10 Å². The Balaban J connectivity index is 2.34. The molecular weight excluding hydrogens is 292 g/mol. The van der Waals surface area contributed by atoms with Crippen molar-refractivity contribution in [2.45, 2.75) is 39.7 Å². The smallest absolute Gasteiger partial charge is 0.313 e. The summed E-state index contributed by atoms with van der Waals surface area (Å²) in [6.45, 7) is 6.31. The van der Waals surface area contributed by atoms with Crippen LogP contribution in [0.5, 0.6) is 0 Å². The number of carbonyl (C=O) groups is 1. The number of aromatic nitrogens is 2. The minimum atomic E-state index is -0.547. The first-order chi connectivity index (χ1) is 11.1. The van der Waals surface area contributed by atoms with Crippen molar-refractivity contribution in [3.05, 3.63) is 63.6 Å². The van der Waals surface area contributed by atoms with Crippen LogP contribution in [0.25, 0.3) is 0 Å². The summed E-state index contributed by atoms with van der Waals surface area (Å²) in [5, 5.41) is 4.14. The molecule has 23 heavy (non-hydrogen) atoms. The predicted molar refractivity (Wildman–Crippen MR) is 88.4 cm³/mol. The van der Waals surface area contributed by atoms with E-state index in [-0.39, 0.29) is 11.5 Å². The molecule has 0 radical (unpaired) electrons. The van der Waals surface area contributed by atoms with Crippen LogP contribution in [-0.2, 0) is 16.1 Å². The van der Waals surface area contributed by atoms with Crippen LogP contribution in [0.3, 0.4) is 0 Å². The molecule has 2 rings (SSSR count). The second-order valence-corrected chi connectivity index (χ2v) is 5.45. The van der Waals surface area contributed by atoms with E-state index < -0.39 is 5.92 Å². The Morgan fingerprint density at radius 3 is 2.74 bits per heavy atom. The Labute approximate surface area is 135 Å². The van der Waals surface area contributed by atoms with E-state index in [1.165, 1.54) is 4.68 Å². The molecule has 1 unspecified atom stereocenters. The molecule has 0 N–H and O–H groups in total. The molecule has 2 aromatic rings. The average Bonchev–Trinajstić information content (AvgIpc) is 2.52. The molecule has 5 heteroatoms. The molecule has 1 heterocycles. The predicted octanol–water partition coefficient (Wildman–Crippen LogP) is 2.66. The van der Waals surface area contributed by atoms with E-state index >= 15 is 0 Å². The van der Waals surface area contributed by atoms with E-state index in [4.69, 9.17) is 4.74 Å². The van der Waals surface area contributed by atoms with Gasteiger partial charge in [0.1, 0.15) is 0 Å². The number of aryl methyl sites for hydroxylation is 1. The van der Waals surface area contributed by atoms with E-state index in [9.17, 15) is 9.59 Å². The van der Waals surface area contributed by atoms with Gasteiger partial charge in [-0.25, -0.2) is 4.68 Å². The maximum absolute atomic E-state index is 12.7. The first kappa shape index (κ1) is 16.9. The summed E-state index contributed by atoms with van der Waals surface area (Å²) in [6, 6.07) is 9.54. The number of esters is 1. The molecule has 0 aliphatic heterocycles. The van der Waals surface area contributed by atoms with Crippen LogP contribution in [-0.4, -0.2) is 22.4 Å². The van der Waals surface area contributed by atoms with E-state index in [1.54, 1.807) is 19.2 Å². The third-order valence-corrected chi connectivity index (χ3v) is 3.71. The Bertz CT molecular complexity index is 737. The maximum atomic E-state index is 12.7. The SMILES string of the molecule is CCOC(=O)C(CC)c1ccnn(Cc2cccc(C)c2)c1=O. The molecule has 122 valence electrons. The Hall–Kier alpha value is -2.43. The highest BCUT2D eigenvalue weighted by molar-refractivity contribution is 5.77. The summed E-state index contributed by atoms with van der Waals surface area (Å²) in [5.74, 6) is -0.908. The number of rotatable bonds is 6. The summed E-state index contributed by atoms with van der Waals surface area (Å²) in [4.78, 5) is 24.7. The first-order valence-electron chi connectivity index (χ1n) is 7.85. The van der Waals surface area contributed by atoms with E-state index in [1.807, 2.05) is 38.1 Å². The van der Waals surface area contributed by atoms with Crippen LogP contribution in [0.4, 0.5) is 0 Å². The van der Waals surface area contributed by atoms with Crippen LogP contribution >= 0.6 is 0 Å². The van der Waals surface area contributed by atoms with Gasteiger partial charge >= 0.3 is 5.97 Å². The summed E-state index contributed by atoms with van der Waals surface area (Å²) < 4.78 is 6.47. The molecule has 0 amide bonds. The van der Waals surface area contributed by atoms with Gasteiger partial charge in [0.2, 0.25) is 0 Å². The zero-order valence-corrected chi connectivity index (χ0v) is 13.8. The largest absolute Gasteiger partial charge is 0.466 e. The van der Waals surface area contributed by atoms with Crippen molar-refractivity contribution in [3.63, 3.8) is 0 Å². The lowest BCUT2D eigenvalue weighted by atomic mass is 9.98. The lowest BCUT2D eigenvalue weighted by Gasteiger charge is -2.14. The van der Waals surface area contributed by atoms with E-state index in [0.717, 1.165) is 11.1 Å². The molecule has 5 nitrogen and oxygen atoms in total. The number of ether oxygens (including phenoxy) is 1. The number of benzene rings is 1. The van der Waals surface area contributed by atoms with Crippen LogP contribution in [0.2, 0.25) is 0 Å². The fourth-order valence-electron chi connectivity index (χ4n) is 2.58. The van der Waals surface area contributed by atoms with Crippen molar-refractivity contribution in [2.24, 2.45) is 0 Å². The topological polar surface area (TPSA) is 61.2 Å². The van der Waals surface area contributed by atoms with Gasteiger partial charge in [-0.05, 0) is 31.9 Å². The Kier molecular flexibility index (Phi) is 5.68. The van der Waals surface area contributed by atoms with Crippen molar-refractivity contribution in [1.29, 1.82) is 0 Å². The van der Waals surface area contributed by atoms with Gasteiger partial charge in [0.05, 0.1) is 19.1 Å². The van der Waals surface area contributed by atoms with Gasteiger partial charge in [0, 0.05) is 11.8 Å². The normalized spacial score (nSPS) is 12.0. The van der Waals surface area contributed by atoms with Gasteiger partial charge in [0.15, 0.2) is 0 Å². The highest BCUT2D eigenvalue weighted by Gasteiger charge is 2.23. The maximum Gasteiger partial charge on any atom is 0.313 e. The van der Waals surface area contributed by atoms with Gasteiger partial charge < -0.3 is 4.74 Å². The zero-order valence-electron chi connectivity index (χ0n) is 13.8. The molecule has 0 spiro atoms. The highest BCUT2D eigenvalue weighted by atomic mass is 16.5. The molecule has 1 atom stereocenters. The van der Waals surface area contributed by atoms with Gasteiger partial charge in [-0.15, -0.1) is 0 Å². The van der Waals surface area contributed by atoms with Crippen molar-refractivity contribution in [1.82, 2.24) is 9.78 Å². The first-order valence-corrected chi connectivity index (χ1v) is 7.85. The van der Waals surface area contributed by atoms with Gasteiger partial charge in [-0.3, -0.25) is 9.59 Å². The third-order valence-electron chi connectivity index (χ3n) is 3.71. The lowest BCUT2D eigenvalue weighted by Crippen LogP contribution is -2.30. The highest BCUT2D eigenvalue weighted by Crippen LogP contribution is 2.17. The summed E-state index contributed by atoms with van der Waals surface area (Å²) in [5.41, 5.74) is 2.33. The molecule has 0 saturated heterocycles. The number of nitrogens with zero attached hydrogens (tertiary/aromatic N) is 2. The van der Waals surface area contributed by atoms with Crippen molar-refractivity contribution in [3.8, 4) is 0 Å². The summed E-state index contributed by atoms with van der Waals surface area (Å²) >= 11 is 0. The average molecular weight is 314 g/mol. The molecule has 0 aliphatic carbocycles. The monoisotopic (exact) mass is 314 g/mol. The quantitative estimate of drug-likeness (QED) is 0.769. The number of hydrogen-bond donors (Lipinski definition) is 0. The Morgan fingerprint density at radius 2 is 2.09 bits per heavy atom. The van der Waals surface area contributed by atoms with Gasteiger partial charge in [-0.1, -0.05) is 36.8 Å². The van der Waals surface area contributed by atoms with Crippen LogP contribution in [0.15, 0.2) is 41.3 Å². The molecule has 0 fully saturated rings. The third kappa shape index (κ3) is 4.06. The molecule has 1 aromatic heterocycles. The second-order valence-electron chi connectivity index (χ2n) is 5.45. The molecule has 0 saturated carbocycles. The lowest BCUT2D eigenvalue weighted by molar-refractivity contribution is -0.145. The van der Waals surface area contributed by atoms with E-state index in [0.29, 0.717) is 25.1 Å². The van der Waals surface area contributed by atoms with Crippen LogP contribution in [0.1, 0.15) is 42.9 Å². The number of carbonyl (C=O) groups excluding carboxylic acids is 1. The minimum absolute atomic E-state index is 0.242. The fraction of sp³-hybridized carbons (Fsp3) is 0.389. The second kappa shape index (κ2) is 7.72. The molecule has 1 aromatic carbocycles. The summed E-state index contributed by atoms with van der Waals surface area (Å²) in [6.07, 6.45) is 2.08. The van der Waals surface area contributed by atoms with Crippen molar-refractivity contribution < 1.29 is 9.53 Å². The molecule has 0 aliphatic rings. The van der Waals surface area contributed by atoms with Crippen molar-refractivity contribution in [2.75, 3.05) is 6.61 Å². The summed E-state index contributed by atoms with van der Waals surface area (Å²) in [7, 11) is 0. The van der Waals surface area contributed by atoms with Crippen LogP contribution < -0.4 is 5.56 Å². The van der Waals surface area contributed by atoms with Gasteiger partial charge in [-0.2, -0.15) is 5.10 Å². The Morgan fingerprint density at radius 1 is 1.30 bits per heavy atom. The standard InChI is InChI=1S/C18H22N2O3/c1-4-15(18(22)23-5-2)16-9-10-19-20(17(16)21)12-14-8-6-7-13(3)11-14/h6-11,15H,4-5,12H2,1-3H3. The zero-order chi connectivity index (χ0) is 16.8. The van der Waals surface area contributed by atoms with Crippen LogP contribution in [0, 0.1) is 6.92 Å². The molecule has 0 bridgehead atoms. The van der Waals surface area contributed by atoms with Crippen molar-refractivity contribution >= 4 is 5.97 Å². The molecular formula is C18H22N2O3. The number of hydrogen-bond acceptors (Lipinski definition) is 4.